The molecule has 6 heteroatoms. The number of nitrogens with zero attached hydrogens (tertiary/aromatic N) is 2. The van der Waals surface area contributed by atoms with Crippen molar-refractivity contribution in [3.8, 4) is 5.75 Å². The van der Waals surface area contributed by atoms with Crippen molar-refractivity contribution in [2.24, 2.45) is 0 Å². The summed E-state index contributed by atoms with van der Waals surface area (Å²) in [5.74, 6) is 0.531. The number of carbonyl (C=O) groups is 1. The number of anilines is 2. The molecule has 132 valence electrons. The molecule has 1 amide bonds. The Morgan fingerprint density at radius 2 is 2.00 bits per heavy atom. The SMILES string of the molecule is COc1ccc(C)cc1Nc1cncc(C(=O)NCc2cccnc2)c1. The van der Waals surface area contributed by atoms with E-state index in [1.807, 2.05) is 37.3 Å². The Bertz CT molecular complexity index is 897. The average Bonchev–Trinajstić information content (AvgIpc) is 2.67. The summed E-state index contributed by atoms with van der Waals surface area (Å²) < 4.78 is 5.37. The van der Waals surface area contributed by atoms with E-state index >= 15 is 0 Å². The Balaban J connectivity index is 1.72. The van der Waals surface area contributed by atoms with Crippen LogP contribution in [-0.4, -0.2) is 23.0 Å². The number of rotatable bonds is 6. The first-order valence-electron chi connectivity index (χ1n) is 8.19. The second-order valence-corrected chi connectivity index (χ2v) is 5.83. The summed E-state index contributed by atoms with van der Waals surface area (Å²) >= 11 is 0. The number of benzene rings is 1. The third kappa shape index (κ3) is 4.36. The van der Waals surface area contributed by atoms with Crippen LogP contribution in [0.3, 0.4) is 0 Å². The van der Waals surface area contributed by atoms with E-state index in [9.17, 15) is 4.79 Å². The van der Waals surface area contributed by atoms with Gasteiger partial charge in [0.25, 0.3) is 5.91 Å². The van der Waals surface area contributed by atoms with Crippen molar-refractivity contribution in [1.29, 1.82) is 0 Å². The molecule has 0 saturated heterocycles. The fraction of sp³-hybridized carbons (Fsp3) is 0.150. The Hall–Kier alpha value is -3.41. The van der Waals surface area contributed by atoms with Crippen molar-refractivity contribution in [3.63, 3.8) is 0 Å². The first kappa shape index (κ1) is 17.4. The fourth-order valence-corrected chi connectivity index (χ4v) is 2.49. The molecule has 0 fully saturated rings. The van der Waals surface area contributed by atoms with E-state index < -0.39 is 0 Å². The van der Waals surface area contributed by atoms with E-state index in [0.29, 0.717) is 17.8 Å². The molecule has 3 aromatic rings. The van der Waals surface area contributed by atoms with Crippen LogP contribution in [0.25, 0.3) is 0 Å². The van der Waals surface area contributed by atoms with Gasteiger partial charge in [-0.2, -0.15) is 0 Å². The summed E-state index contributed by atoms with van der Waals surface area (Å²) in [6.45, 7) is 2.42. The molecule has 2 heterocycles. The van der Waals surface area contributed by atoms with Gasteiger partial charge in [0, 0.05) is 25.1 Å². The fourth-order valence-electron chi connectivity index (χ4n) is 2.49. The molecule has 0 aliphatic heterocycles. The first-order valence-corrected chi connectivity index (χ1v) is 8.19. The molecule has 6 nitrogen and oxygen atoms in total. The Morgan fingerprint density at radius 1 is 1.12 bits per heavy atom. The Morgan fingerprint density at radius 3 is 2.77 bits per heavy atom. The lowest BCUT2D eigenvalue weighted by Gasteiger charge is -2.12. The number of amides is 1. The van der Waals surface area contributed by atoms with Gasteiger partial charge >= 0.3 is 0 Å². The third-order valence-corrected chi connectivity index (χ3v) is 3.81. The summed E-state index contributed by atoms with van der Waals surface area (Å²) in [5, 5.41) is 6.12. The van der Waals surface area contributed by atoms with Crippen molar-refractivity contribution in [2.45, 2.75) is 13.5 Å². The van der Waals surface area contributed by atoms with Gasteiger partial charge in [-0.1, -0.05) is 12.1 Å². The number of hydrogen-bond donors (Lipinski definition) is 2. The quantitative estimate of drug-likeness (QED) is 0.713. The van der Waals surface area contributed by atoms with E-state index in [0.717, 1.165) is 22.6 Å². The van der Waals surface area contributed by atoms with Gasteiger partial charge in [-0.25, -0.2) is 0 Å². The highest BCUT2D eigenvalue weighted by Crippen LogP contribution is 2.28. The van der Waals surface area contributed by atoms with Crippen LogP contribution in [-0.2, 0) is 6.54 Å². The Kier molecular flexibility index (Phi) is 5.43. The third-order valence-electron chi connectivity index (χ3n) is 3.81. The normalized spacial score (nSPS) is 10.2. The van der Waals surface area contributed by atoms with Crippen molar-refractivity contribution in [1.82, 2.24) is 15.3 Å². The predicted octanol–water partition coefficient (Wildman–Crippen LogP) is 3.47. The molecular weight excluding hydrogens is 328 g/mol. The van der Waals surface area contributed by atoms with Crippen LogP contribution in [0.4, 0.5) is 11.4 Å². The zero-order valence-electron chi connectivity index (χ0n) is 14.7. The van der Waals surface area contributed by atoms with Crippen molar-refractivity contribution in [2.75, 3.05) is 12.4 Å². The van der Waals surface area contributed by atoms with Crippen molar-refractivity contribution < 1.29 is 9.53 Å². The molecule has 1 aromatic carbocycles. The highest BCUT2D eigenvalue weighted by molar-refractivity contribution is 5.94. The molecule has 0 saturated carbocycles. The van der Waals surface area contributed by atoms with Crippen LogP contribution >= 0.6 is 0 Å². The number of carbonyl (C=O) groups excluding carboxylic acids is 1. The molecule has 0 aliphatic carbocycles. The predicted molar refractivity (Wildman–Crippen MR) is 101 cm³/mol. The topological polar surface area (TPSA) is 76.1 Å². The monoisotopic (exact) mass is 348 g/mol. The maximum absolute atomic E-state index is 12.4. The van der Waals surface area contributed by atoms with Gasteiger partial charge in [-0.3, -0.25) is 14.8 Å². The summed E-state index contributed by atoms with van der Waals surface area (Å²) in [5.41, 5.74) is 4.05. The second kappa shape index (κ2) is 8.11. The lowest BCUT2D eigenvalue weighted by atomic mass is 10.2. The van der Waals surface area contributed by atoms with Gasteiger partial charge in [-0.15, -0.1) is 0 Å². The highest BCUT2D eigenvalue weighted by atomic mass is 16.5. The molecule has 2 aromatic heterocycles. The largest absolute Gasteiger partial charge is 0.495 e. The van der Waals surface area contributed by atoms with E-state index in [1.165, 1.54) is 6.20 Å². The number of ether oxygens (including phenoxy) is 1. The van der Waals surface area contributed by atoms with Crippen LogP contribution in [0, 0.1) is 6.92 Å². The van der Waals surface area contributed by atoms with Gasteiger partial charge < -0.3 is 15.4 Å². The number of hydrogen-bond acceptors (Lipinski definition) is 5. The molecule has 0 unspecified atom stereocenters. The van der Waals surface area contributed by atoms with Crippen LogP contribution in [0.1, 0.15) is 21.5 Å². The van der Waals surface area contributed by atoms with E-state index in [1.54, 1.807) is 31.8 Å². The number of nitrogens with one attached hydrogen (secondary N) is 2. The minimum atomic E-state index is -0.193. The standard InChI is InChI=1S/C20H20N4O2/c1-14-5-6-19(26-2)18(8-14)24-17-9-16(12-22-13-17)20(25)23-11-15-4-3-7-21-10-15/h3-10,12-13,24H,11H2,1-2H3,(H,23,25). The molecule has 26 heavy (non-hydrogen) atoms. The van der Waals surface area contributed by atoms with Crippen LogP contribution < -0.4 is 15.4 Å². The highest BCUT2D eigenvalue weighted by Gasteiger charge is 2.09. The summed E-state index contributed by atoms with van der Waals surface area (Å²) in [6.07, 6.45) is 6.63. The number of pyridine rings is 2. The first-order chi connectivity index (χ1) is 12.7. The van der Waals surface area contributed by atoms with Crippen LogP contribution in [0.2, 0.25) is 0 Å². The zero-order valence-corrected chi connectivity index (χ0v) is 14.7. The zero-order chi connectivity index (χ0) is 18.4. The van der Waals surface area contributed by atoms with E-state index in [4.69, 9.17) is 4.74 Å². The Labute approximate surface area is 152 Å². The lowest BCUT2D eigenvalue weighted by molar-refractivity contribution is 0.0950. The molecule has 0 bridgehead atoms. The van der Waals surface area contributed by atoms with E-state index in [2.05, 4.69) is 20.6 Å². The minimum absolute atomic E-state index is 0.193. The maximum atomic E-state index is 12.4. The molecule has 0 spiro atoms. The smallest absolute Gasteiger partial charge is 0.253 e. The van der Waals surface area contributed by atoms with Gasteiger partial charge in [0.05, 0.1) is 30.2 Å². The molecule has 0 atom stereocenters. The lowest BCUT2D eigenvalue weighted by Crippen LogP contribution is -2.23. The van der Waals surface area contributed by atoms with E-state index in [-0.39, 0.29) is 5.91 Å². The minimum Gasteiger partial charge on any atom is -0.495 e. The molecule has 3 rings (SSSR count). The summed E-state index contributed by atoms with van der Waals surface area (Å²) in [4.78, 5) is 20.6. The van der Waals surface area contributed by atoms with Crippen molar-refractivity contribution in [3.05, 3.63) is 77.9 Å². The summed E-state index contributed by atoms with van der Waals surface area (Å²) in [7, 11) is 1.62. The molecule has 0 aliphatic rings. The molecule has 2 N–H and O–H groups in total. The van der Waals surface area contributed by atoms with Crippen LogP contribution in [0.5, 0.6) is 5.75 Å². The van der Waals surface area contributed by atoms with Crippen molar-refractivity contribution >= 4 is 17.3 Å². The number of methoxy groups -OCH3 is 1. The van der Waals surface area contributed by atoms with Gasteiger partial charge in [0.2, 0.25) is 0 Å². The van der Waals surface area contributed by atoms with Gasteiger partial charge in [0.15, 0.2) is 0 Å². The second-order valence-electron chi connectivity index (χ2n) is 5.83. The maximum Gasteiger partial charge on any atom is 0.253 e. The molecule has 0 radical (unpaired) electrons. The number of aryl methyl sites for hydroxylation is 1. The summed E-state index contributed by atoms with van der Waals surface area (Å²) in [6, 6.07) is 11.4. The average molecular weight is 348 g/mol. The molecular formula is C20H20N4O2. The van der Waals surface area contributed by atoms with Gasteiger partial charge in [-0.05, 0) is 42.3 Å². The van der Waals surface area contributed by atoms with Crippen LogP contribution in [0.15, 0.2) is 61.2 Å². The number of aromatic nitrogens is 2. The van der Waals surface area contributed by atoms with Gasteiger partial charge in [0.1, 0.15) is 5.75 Å².